The summed E-state index contributed by atoms with van der Waals surface area (Å²) in [4.78, 5) is 33.2. The zero-order chi connectivity index (χ0) is 25.9. The van der Waals surface area contributed by atoms with E-state index in [2.05, 4.69) is 16.0 Å². The first-order valence-electron chi connectivity index (χ1n) is 12.6. The Morgan fingerprint density at radius 3 is 2.74 bits per heavy atom. The molecule has 9 heteroatoms. The standard InChI is InChI=1S/C29H26N6O3/c1-2-38-29(36)22-15-21(16-30-17-22)26-18-31-27(34-11-13-37-14-12-34)28-33-24(19-35(26)28)10-9-23-8-7-20-5-3-4-6-25(20)32-23/h3-10,15-19H,2,11-14H2,1H3/b10-9+. The molecule has 1 saturated heterocycles. The molecule has 1 fully saturated rings. The van der Waals surface area contributed by atoms with Gasteiger partial charge in [-0.05, 0) is 37.3 Å². The summed E-state index contributed by atoms with van der Waals surface area (Å²) in [6.45, 7) is 4.83. The van der Waals surface area contributed by atoms with Crippen molar-refractivity contribution in [1.82, 2.24) is 24.3 Å². The number of morpholine rings is 1. The van der Waals surface area contributed by atoms with Crippen molar-refractivity contribution >= 4 is 40.5 Å². The van der Waals surface area contributed by atoms with Crippen LogP contribution in [0.25, 0.3) is 40.0 Å². The maximum absolute atomic E-state index is 12.3. The topological polar surface area (TPSA) is 94.7 Å². The third kappa shape index (κ3) is 4.71. The predicted molar refractivity (Wildman–Crippen MR) is 146 cm³/mol. The minimum atomic E-state index is -0.409. The molecule has 0 N–H and O–H groups in total. The number of para-hydroxylation sites is 1. The van der Waals surface area contributed by atoms with Gasteiger partial charge >= 0.3 is 5.97 Å². The normalized spacial score (nSPS) is 14.0. The minimum absolute atomic E-state index is 0.298. The van der Waals surface area contributed by atoms with E-state index in [9.17, 15) is 4.79 Å². The molecule has 0 bridgehead atoms. The average Bonchev–Trinajstić information content (AvgIpc) is 3.40. The summed E-state index contributed by atoms with van der Waals surface area (Å²) in [7, 11) is 0. The van der Waals surface area contributed by atoms with Crippen molar-refractivity contribution in [1.29, 1.82) is 0 Å². The van der Waals surface area contributed by atoms with Crippen LogP contribution in [0.2, 0.25) is 0 Å². The summed E-state index contributed by atoms with van der Waals surface area (Å²) in [5, 5.41) is 1.10. The highest BCUT2D eigenvalue weighted by Crippen LogP contribution is 2.27. The number of aromatic nitrogens is 5. The van der Waals surface area contributed by atoms with Gasteiger partial charge in [0, 0.05) is 42.6 Å². The third-order valence-corrected chi connectivity index (χ3v) is 6.39. The van der Waals surface area contributed by atoms with Gasteiger partial charge in [0.2, 0.25) is 0 Å². The molecule has 1 aliphatic rings. The number of ether oxygens (including phenoxy) is 2. The van der Waals surface area contributed by atoms with Gasteiger partial charge < -0.3 is 14.4 Å². The lowest BCUT2D eigenvalue weighted by molar-refractivity contribution is 0.0526. The molecule has 0 unspecified atom stereocenters. The Hall–Kier alpha value is -4.63. The number of esters is 1. The number of rotatable bonds is 6. The van der Waals surface area contributed by atoms with Crippen molar-refractivity contribution in [2.24, 2.45) is 0 Å². The quantitative estimate of drug-likeness (QED) is 0.310. The van der Waals surface area contributed by atoms with Gasteiger partial charge in [-0.25, -0.2) is 19.7 Å². The Morgan fingerprint density at radius 2 is 1.87 bits per heavy atom. The van der Waals surface area contributed by atoms with Crippen LogP contribution in [0.5, 0.6) is 0 Å². The summed E-state index contributed by atoms with van der Waals surface area (Å²) >= 11 is 0. The van der Waals surface area contributed by atoms with Crippen LogP contribution < -0.4 is 4.90 Å². The van der Waals surface area contributed by atoms with Crippen molar-refractivity contribution in [2.75, 3.05) is 37.8 Å². The van der Waals surface area contributed by atoms with Crippen LogP contribution in [-0.2, 0) is 9.47 Å². The van der Waals surface area contributed by atoms with Crippen LogP contribution >= 0.6 is 0 Å². The van der Waals surface area contributed by atoms with Gasteiger partial charge in [0.05, 0.1) is 54.2 Å². The SMILES string of the molecule is CCOC(=O)c1cncc(-c2cnc(N3CCOCC3)c3nc(/C=C/c4ccc5ccccc5n4)cn23)c1. The van der Waals surface area contributed by atoms with Crippen LogP contribution in [0.1, 0.15) is 28.7 Å². The number of imidazole rings is 1. The molecule has 1 aliphatic heterocycles. The van der Waals surface area contributed by atoms with Crippen molar-refractivity contribution in [3.63, 3.8) is 0 Å². The fourth-order valence-corrected chi connectivity index (χ4v) is 4.53. The van der Waals surface area contributed by atoms with E-state index in [0.29, 0.717) is 25.4 Å². The van der Waals surface area contributed by atoms with Crippen LogP contribution in [-0.4, -0.2) is 63.2 Å². The van der Waals surface area contributed by atoms with Crippen LogP contribution in [0.15, 0.2) is 67.3 Å². The fraction of sp³-hybridized carbons (Fsp3) is 0.207. The van der Waals surface area contributed by atoms with Gasteiger partial charge in [-0.15, -0.1) is 0 Å². The lowest BCUT2D eigenvalue weighted by atomic mass is 10.1. The van der Waals surface area contributed by atoms with Gasteiger partial charge in [0.1, 0.15) is 0 Å². The van der Waals surface area contributed by atoms with Gasteiger partial charge in [-0.3, -0.25) is 9.38 Å². The molecule has 0 saturated carbocycles. The number of carbonyl (C=O) groups is 1. The molecule has 0 atom stereocenters. The number of fused-ring (bicyclic) bond motifs is 2. The maximum Gasteiger partial charge on any atom is 0.339 e. The molecular weight excluding hydrogens is 480 g/mol. The molecule has 4 aromatic heterocycles. The molecule has 0 aliphatic carbocycles. The lowest BCUT2D eigenvalue weighted by Crippen LogP contribution is -2.37. The highest BCUT2D eigenvalue weighted by Gasteiger charge is 2.20. The number of carbonyl (C=O) groups excluding carboxylic acids is 1. The lowest BCUT2D eigenvalue weighted by Gasteiger charge is -2.28. The summed E-state index contributed by atoms with van der Waals surface area (Å²) in [5.41, 5.74) is 5.17. The third-order valence-electron chi connectivity index (χ3n) is 6.39. The molecule has 0 spiro atoms. The van der Waals surface area contributed by atoms with Crippen molar-refractivity contribution < 1.29 is 14.3 Å². The van der Waals surface area contributed by atoms with E-state index in [1.807, 2.05) is 53.1 Å². The Bertz CT molecular complexity index is 1660. The summed E-state index contributed by atoms with van der Waals surface area (Å²) in [5.74, 6) is 0.378. The van der Waals surface area contributed by atoms with Crippen molar-refractivity contribution in [3.8, 4) is 11.3 Å². The van der Waals surface area contributed by atoms with Crippen LogP contribution in [0.4, 0.5) is 5.82 Å². The van der Waals surface area contributed by atoms with E-state index in [1.54, 1.807) is 25.4 Å². The summed E-state index contributed by atoms with van der Waals surface area (Å²) in [6.07, 6.45) is 10.9. The number of hydrogen-bond donors (Lipinski definition) is 0. The minimum Gasteiger partial charge on any atom is -0.462 e. The number of benzene rings is 1. The predicted octanol–water partition coefficient (Wildman–Crippen LogP) is 4.52. The Morgan fingerprint density at radius 1 is 1.03 bits per heavy atom. The second-order valence-electron chi connectivity index (χ2n) is 8.87. The maximum atomic E-state index is 12.3. The number of nitrogens with zero attached hydrogens (tertiary/aromatic N) is 6. The molecular formula is C29H26N6O3. The molecule has 5 aromatic rings. The van der Waals surface area contributed by atoms with Crippen LogP contribution in [0.3, 0.4) is 0 Å². The summed E-state index contributed by atoms with van der Waals surface area (Å²) < 4.78 is 12.7. The number of hydrogen-bond acceptors (Lipinski definition) is 8. The smallest absolute Gasteiger partial charge is 0.339 e. The van der Waals surface area contributed by atoms with Crippen molar-refractivity contribution in [2.45, 2.75) is 6.92 Å². The Balaban J connectivity index is 1.42. The molecule has 38 heavy (non-hydrogen) atoms. The highest BCUT2D eigenvalue weighted by molar-refractivity contribution is 5.90. The zero-order valence-electron chi connectivity index (χ0n) is 20.9. The second-order valence-corrected chi connectivity index (χ2v) is 8.87. The summed E-state index contributed by atoms with van der Waals surface area (Å²) in [6, 6.07) is 13.9. The van der Waals surface area contributed by atoms with E-state index in [1.165, 1.54) is 6.20 Å². The molecule has 0 radical (unpaired) electrons. The van der Waals surface area contributed by atoms with E-state index in [-0.39, 0.29) is 0 Å². The monoisotopic (exact) mass is 506 g/mol. The van der Waals surface area contributed by atoms with Gasteiger partial charge in [-0.1, -0.05) is 24.3 Å². The van der Waals surface area contributed by atoms with E-state index >= 15 is 0 Å². The molecule has 5 heterocycles. The van der Waals surface area contributed by atoms with E-state index in [4.69, 9.17) is 24.4 Å². The first-order valence-corrected chi connectivity index (χ1v) is 12.6. The number of anilines is 1. The van der Waals surface area contributed by atoms with Gasteiger partial charge in [0.15, 0.2) is 11.5 Å². The molecule has 0 amide bonds. The fourth-order valence-electron chi connectivity index (χ4n) is 4.53. The molecule has 6 rings (SSSR count). The average molecular weight is 507 g/mol. The van der Waals surface area contributed by atoms with E-state index < -0.39 is 5.97 Å². The van der Waals surface area contributed by atoms with Crippen LogP contribution in [0, 0.1) is 0 Å². The second kappa shape index (κ2) is 10.4. The highest BCUT2D eigenvalue weighted by atomic mass is 16.5. The largest absolute Gasteiger partial charge is 0.462 e. The number of pyridine rings is 2. The Kier molecular flexibility index (Phi) is 6.49. The van der Waals surface area contributed by atoms with E-state index in [0.717, 1.165) is 58.1 Å². The van der Waals surface area contributed by atoms with Gasteiger partial charge in [-0.2, -0.15) is 0 Å². The molecule has 9 nitrogen and oxygen atoms in total. The zero-order valence-corrected chi connectivity index (χ0v) is 20.9. The molecule has 1 aromatic carbocycles. The first-order chi connectivity index (χ1) is 18.7. The van der Waals surface area contributed by atoms with Gasteiger partial charge in [0.25, 0.3) is 0 Å². The first kappa shape index (κ1) is 23.7. The molecule has 190 valence electrons. The Labute approximate surface area is 219 Å². The van der Waals surface area contributed by atoms with Crippen molar-refractivity contribution in [3.05, 3.63) is 84.2 Å².